The largest absolute Gasteiger partial charge is 0.495 e. The normalized spacial score (nSPS) is 18.0. The van der Waals surface area contributed by atoms with Gasteiger partial charge < -0.3 is 15.4 Å². The molecular formula is C22H28ClN3O2. The SMILES string of the molecule is CCN1CCC[C@H]1CN[C@H](C(=O)Nc1ccc(OC)c(Cl)c1)c1ccccc1. The molecule has 0 unspecified atom stereocenters. The molecule has 2 aromatic carbocycles. The van der Waals surface area contributed by atoms with Crippen LogP contribution in [0.1, 0.15) is 31.4 Å². The molecule has 0 saturated carbocycles. The molecule has 0 aliphatic carbocycles. The van der Waals surface area contributed by atoms with Gasteiger partial charge in [-0.15, -0.1) is 0 Å². The zero-order valence-electron chi connectivity index (χ0n) is 16.5. The molecule has 2 N–H and O–H groups in total. The number of likely N-dealkylation sites (tertiary alicyclic amines) is 1. The first-order valence-corrected chi connectivity index (χ1v) is 10.2. The van der Waals surface area contributed by atoms with E-state index in [1.807, 2.05) is 30.3 Å². The van der Waals surface area contributed by atoms with Crippen LogP contribution in [0.25, 0.3) is 0 Å². The predicted octanol–water partition coefficient (Wildman–Crippen LogP) is 4.10. The van der Waals surface area contributed by atoms with Crippen LogP contribution < -0.4 is 15.4 Å². The van der Waals surface area contributed by atoms with Crippen LogP contribution in [0.4, 0.5) is 5.69 Å². The lowest BCUT2D eigenvalue weighted by Gasteiger charge is -2.26. The molecule has 28 heavy (non-hydrogen) atoms. The van der Waals surface area contributed by atoms with Crippen molar-refractivity contribution in [3.8, 4) is 5.75 Å². The minimum atomic E-state index is -0.429. The number of likely N-dealkylation sites (N-methyl/N-ethyl adjacent to an activating group) is 1. The Balaban J connectivity index is 1.73. The van der Waals surface area contributed by atoms with E-state index < -0.39 is 6.04 Å². The van der Waals surface area contributed by atoms with E-state index in [-0.39, 0.29) is 5.91 Å². The van der Waals surface area contributed by atoms with E-state index in [0.29, 0.717) is 22.5 Å². The number of anilines is 1. The molecule has 1 aliphatic heterocycles. The molecule has 2 atom stereocenters. The molecule has 1 amide bonds. The molecule has 1 fully saturated rings. The Bertz CT molecular complexity index is 785. The molecule has 1 heterocycles. The summed E-state index contributed by atoms with van der Waals surface area (Å²) in [5.74, 6) is 0.478. The number of rotatable bonds is 8. The van der Waals surface area contributed by atoms with Crippen LogP contribution in [-0.2, 0) is 4.79 Å². The standard InChI is InChI=1S/C22H28ClN3O2/c1-3-26-13-7-10-18(26)15-24-21(16-8-5-4-6-9-16)22(27)25-17-11-12-20(28-2)19(23)14-17/h4-6,8-9,11-12,14,18,21,24H,3,7,10,13,15H2,1-2H3,(H,25,27)/t18-,21-/m0/s1. The molecule has 2 aromatic rings. The van der Waals surface area contributed by atoms with Crippen LogP contribution in [0, 0.1) is 0 Å². The molecule has 0 bridgehead atoms. The summed E-state index contributed by atoms with van der Waals surface area (Å²) in [6.07, 6.45) is 2.38. The summed E-state index contributed by atoms with van der Waals surface area (Å²) < 4.78 is 5.18. The van der Waals surface area contributed by atoms with Gasteiger partial charge in [0.2, 0.25) is 5.91 Å². The van der Waals surface area contributed by atoms with Crippen molar-refractivity contribution < 1.29 is 9.53 Å². The molecule has 150 valence electrons. The smallest absolute Gasteiger partial charge is 0.246 e. The van der Waals surface area contributed by atoms with Gasteiger partial charge in [0.1, 0.15) is 11.8 Å². The van der Waals surface area contributed by atoms with Crippen molar-refractivity contribution in [2.45, 2.75) is 31.8 Å². The van der Waals surface area contributed by atoms with Crippen LogP contribution in [0.15, 0.2) is 48.5 Å². The molecule has 6 heteroatoms. The first-order valence-electron chi connectivity index (χ1n) is 9.79. The number of ether oxygens (including phenoxy) is 1. The van der Waals surface area contributed by atoms with Gasteiger partial charge >= 0.3 is 0 Å². The van der Waals surface area contributed by atoms with Gasteiger partial charge in [0.25, 0.3) is 0 Å². The summed E-state index contributed by atoms with van der Waals surface area (Å²) in [7, 11) is 1.57. The second-order valence-electron chi connectivity index (χ2n) is 7.02. The van der Waals surface area contributed by atoms with Crippen LogP contribution in [-0.4, -0.2) is 43.6 Å². The van der Waals surface area contributed by atoms with Crippen LogP contribution >= 0.6 is 11.6 Å². The number of halogens is 1. The fourth-order valence-electron chi connectivity index (χ4n) is 3.76. The number of benzene rings is 2. The second kappa shape index (κ2) is 9.92. The lowest BCUT2D eigenvalue weighted by atomic mass is 10.1. The quantitative estimate of drug-likeness (QED) is 0.699. The Morgan fingerprint density at radius 1 is 1.29 bits per heavy atom. The number of hydrogen-bond donors (Lipinski definition) is 2. The second-order valence-corrected chi connectivity index (χ2v) is 7.42. The van der Waals surface area contributed by atoms with Crippen molar-refractivity contribution in [2.24, 2.45) is 0 Å². The highest BCUT2D eigenvalue weighted by Crippen LogP contribution is 2.28. The zero-order valence-corrected chi connectivity index (χ0v) is 17.2. The van der Waals surface area contributed by atoms with Crippen molar-refractivity contribution in [3.05, 3.63) is 59.1 Å². The highest BCUT2D eigenvalue weighted by Gasteiger charge is 2.26. The molecule has 0 radical (unpaired) electrons. The van der Waals surface area contributed by atoms with E-state index in [4.69, 9.17) is 16.3 Å². The van der Waals surface area contributed by atoms with Crippen LogP contribution in [0.2, 0.25) is 5.02 Å². The lowest BCUT2D eigenvalue weighted by Crippen LogP contribution is -2.42. The Labute approximate surface area is 172 Å². The van der Waals surface area contributed by atoms with Gasteiger partial charge in [0, 0.05) is 18.3 Å². The number of nitrogens with one attached hydrogen (secondary N) is 2. The van der Waals surface area contributed by atoms with Crippen molar-refractivity contribution >= 4 is 23.2 Å². The Kier molecular flexibility index (Phi) is 7.31. The highest BCUT2D eigenvalue weighted by molar-refractivity contribution is 6.32. The summed E-state index contributed by atoms with van der Waals surface area (Å²) in [6.45, 7) is 5.14. The topological polar surface area (TPSA) is 53.6 Å². The maximum atomic E-state index is 13.1. The average Bonchev–Trinajstić information content (AvgIpc) is 3.17. The summed E-state index contributed by atoms with van der Waals surface area (Å²) >= 11 is 6.19. The van der Waals surface area contributed by atoms with Gasteiger partial charge in [0.05, 0.1) is 12.1 Å². The lowest BCUT2D eigenvalue weighted by molar-refractivity contribution is -0.118. The number of methoxy groups -OCH3 is 1. The third kappa shape index (κ3) is 5.04. The van der Waals surface area contributed by atoms with E-state index in [9.17, 15) is 4.79 Å². The van der Waals surface area contributed by atoms with Crippen molar-refractivity contribution in [2.75, 3.05) is 32.1 Å². The third-order valence-corrected chi connectivity index (χ3v) is 5.57. The molecule has 1 aliphatic rings. The van der Waals surface area contributed by atoms with Gasteiger partial charge in [0.15, 0.2) is 0 Å². The average molecular weight is 402 g/mol. The van der Waals surface area contributed by atoms with E-state index in [2.05, 4.69) is 22.5 Å². The highest BCUT2D eigenvalue weighted by atomic mass is 35.5. The fraction of sp³-hybridized carbons (Fsp3) is 0.409. The maximum absolute atomic E-state index is 13.1. The minimum Gasteiger partial charge on any atom is -0.495 e. The first-order chi connectivity index (χ1) is 13.6. The molecule has 5 nitrogen and oxygen atoms in total. The summed E-state index contributed by atoms with van der Waals surface area (Å²) in [4.78, 5) is 15.5. The van der Waals surface area contributed by atoms with E-state index in [1.165, 1.54) is 6.42 Å². The minimum absolute atomic E-state index is 0.103. The number of nitrogens with zero attached hydrogens (tertiary/aromatic N) is 1. The summed E-state index contributed by atoms with van der Waals surface area (Å²) in [5.41, 5.74) is 1.59. The van der Waals surface area contributed by atoms with E-state index >= 15 is 0 Å². The van der Waals surface area contributed by atoms with Gasteiger partial charge in [-0.1, -0.05) is 48.9 Å². The number of carbonyl (C=O) groups excluding carboxylic acids is 1. The molecular weight excluding hydrogens is 374 g/mol. The van der Waals surface area contributed by atoms with Crippen molar-refractivity contribution in [3.63, 3.8) is 0 Å². The van der Waals surface area contributed by atoms with E-state index in [1.54, 1.807) is 25.3 Å². The third-order valence-electron chi connectivity index (χ3n) is 5.28. The van der Waals surface area contributed by atoms with Gasteiger partial charge in [-0.2, -0.15) is 0 Å². The maximum Gasteiger partial charge on any atom is 0.246 e. The Morgan fingerprint density at radius 3 is 2.75 bits per heavy atom. The first kappa shape index (κ1) is 20.6. The molecule has 1 saturated heterocycles. The summed E-state index contributed by atoms with van der Waals surface area (Å²) in [6, 6.07) is 15.1. The Hall–Kier alpha value is -2.08. The predicted molar refractivity (Wildman–Crippen MR) is 114 cm³/mol. The van der Waals surface area contributed by atoms with Gasteiger partial charge in [-0.05, 0) is 49.7 Å². The number of hydrogen-bond acceptors (Lipinski definition) is 4. The fourth-order valence-corrected chi connectivity index (χ4v) is 4.02. The molecule has 0 aromatic heterocycles. The van der Waals surface area contributed by atoms with Crippen LogP contribution in [0.3, 0.4) is 0 Å². The van der Waals surface area contributed by atoms with E-state index in [0.717, 1.165) is 31.6 Å². The molecule has 3 rings (SSSR count). The van der Waals surface area contributed by atoms with Crippen molar-refractivity contribution in [1.82, 2.24) is 10.2 Å². The molecule has 0 spiro atoms. The van der Waals surface area contributed by atoms with Crippen LogP contribution in [0.5, 0.6) is 5.75 Å². The monoisotopic (exact) mass is 401 g/mol. The summed E-state index contributed by atoms with van der Waals surface area (Å²) in [5, 5.41) is 6.93. The van der Waals surface area contributed by atoms with Gasteiger partial charge in [-0.3, -0.25) is 9.69 Å². The van der Waals surface area contributed by atoms with Gasteiger partial charge in [-0.25, -0.2) is 0 Å². The number of carbonyl (C=O) groups is 1. The zero-order chi connectivity index (χ0) is 19.9. The Morgan fingerprint density at radius 2 is 2.07 bits per heavy atom. The van der Waals surface area contributed by atoms with Crippen molar-refractivity contribution in [1.29, 1.82) is 0 Å². The number of amides is 1.